The monoisotopic (exact) mass is 375 g/mol. The second-order valence-electron chi connectivity index (χ2n) is 5.32. The fraction of sp³-hybridized carbons (Fsp3) is 0.833. The summed E-state index contributed by atoms with van der Waals surface area (Å²) in [5, 5.41) is 0. The molecule has 0 saturated heterocycles. The SMILES string of the molecule is C/C=C\[C@@H](C)CC(C)(C)CNS(=O)(=O)I(C)C. The van der Waals surface area contributed by atoms with Gasteiger partial charge < -0.3 is 0 Å². The summed E-state index contributed by atoms with van der Waals surface area (Å²) in [5.74, 6) is 0.484. The molecule has 1 N–H and O–H groups in total. The van der Waals surface area contributed by atoms with Crippen molar-refractivity contribution in [3.05, 3.63) is 12.2 Å². The zero-order valence-corrected chi connectivity index (χ0v) is 14.7. The van der Waals surface area contributed by atoms with Gasteiger partial charge in [-0.3, -0.25) is 0 Å². The zero-order chi connectivity index (χ0) is 13.7. The first-order chi connectivity index (χ1) is 7.60. The summed E-state index contributed by atoms with van der Waals surface area (Å²) in [6, 6.07) is 0. The van der Waals surface area contributed by atoms with Crippen LogP contribution in [-0.2, 0) is 7.19 Å². The van der Waals surface area contributed by atoms with Crippen LogP contribution in [0, 0.1) is 11.3 Å². The van der Waals surface area contributed by atoms with E-state index < -0.39 is 25.6 Å². The van der Waals surface area contributed by atoms with E-state index in [2.05, 4.69) is 31.6 Å². The van der Waals surface area contributed by atoms with E-state index in [-0.39, 0.29) is 5.41 Å². The number of rotatable bonds is 7. The Bertz CT molecular complexity index is 348. The predicted octanol–water partition coefficient (Wildman–Crippen LogP) is 3.22. The first-order valence-electron chi connectivity index (χ1n) is 5.74. The van der Waals surface area contributed by atoms with Crippen molar-refractivity contribution < 1.29 is 8.42 Å². The van der Waals surface area contributed by atoms with Crippen LogP contribution < -0.4 is 4.72 Å². The van der Waals surface area contributed by atoms with Crippen molar-refractivity contribution in [3.8, 4) is 0 Å². The molecule has 0 heterocycles. The van der Waals surface area contributed by atoms with E-state index >= 15 is 0 Å². The molecule has 0 aromatic rings. The molecule has 0 saturated carbocycles. The Morgan fingerprint density at radius 1 is 1.35 bits per heavy atom. The Morgan fingerprint density at radius 3 is 2.29 bits per heavy atom. The normalized spacial score (nSPS) is 16.2. The van der Waals surface area contributed by atoms with Crippen LogP contribution in [0.15, 0.2) is 12.2 Å². The van der Waals surface area contributed by atoms with Gasteiger partial charge in [0.15, 0.2) is 0 Å². The van der Waals surface area contributed by atoms with Gasteiger partial charge in [-0.1, -0.05) is 0 Å². The maximum absolute atomic E-state index is 11.7. The van der Waals surface area contributed by atoms with Crippen LogP contribution >= 0.6 is 18.4 Å². The van der Waals surface area contributed by atoms with Crippen LogP contribution in [0.4, 0.5) is 0 Å². The van der Waals surface area contributed by atoms with Gasteiger partial charge in [-0.25, -0.2) is 0 Å². The average Bonchev–Trinajstić information content (AvgIpc) is 2.14. The molecule has 0 radical (unpaired) electrons. The predicted molar refractivity (Wildman–Crippen MR) is 85.2 cm³/mol. The summed E-state index contributed by atoms with van der Waals surface area (Å²) in [6.45, 7) is 8.93. The van der Waals surface area contributed by atoms with E-state index in [1.807, 2.05) is 22.9 Å². The van der Waals surface area contributed by atoms with Crippen LogP contribution in [0.3, 0.4) is 0 Å². The van der Waals surface area contributed by atoms with Crippen molar-refractivity contribution >= 4 is 25.6 Å². The number of allylic oxidation sites excluding steroid dienone is 2. The van der Waals surface area contributed by atoms with Crippen molar-refractivity contribution in [2.75, 3.05) is 16.4 Å². The molecule has 0 fully saturated rings. The van der Waals surface area contributed by atoms with Gasteiger partial charge >= 0.3 is 113 Å². The molecule has 0 aliphatic heterocycles. The Labute approximate surface area is 112 Å². The summed E-state index contributed by atoms with van der Waals surface area (Å²) in [6.07, 6.45) is 5.20. The van der Waals surface area contributed by atoms with Crippen LogP contribution in [0.2, 0.25) is 0 Å². The van der Waals surface area contributed by atoms with Crippen molar-refractivity contribution in [2.24, 2.45) is 11.3 Å². The zero-order valence-electron chi connectivity index (χ0n) is 11.7. The summed E-state index contributed by atoms with van der Waals surface area (Å²) in [7, 11) is -2.99. The summed E-state index contributed by atoms with van der Waals surface area (Å²) in [4.78, 5) is 3.70. The molecular formula is C12H26INO2S. The standard InChI is InChI=1S/C12H26INO2S/c1-7-8-11(2)9-12(3,4)10-14-17(15,16)13(5)6/h7-8,11,14H,9-10H2,1-6H3/b8-7-/t11-/m1/s1. The van der Waals surface area contributed by atoms with Crippen molar-refractivity contribution in [1.29, 1.82) is 0 Å². The van der Waals surface area contributed by atoms with E-state index in [0.717, 1.165) is 6.42 Å². The molecule has 0 rings (SSSR count). The molecule has 104 valence electrons. The molecule has 0 aliphatic carbocycles. The van der Waals surface area contributed by atoms with Gasteiger partial charge in [0.1, 0.15) is 0 Å². The van der Waals surface area contributed by atoms with Crippen molar-refractivity contribution in [1.82, 2.24) is 4.72 Å². The Kier molecular flexibility index (Phi) is 7.25. The quantitative estimate of drug-likeness (QED) is 0.322. The molecular weight excluding hydrogens is 349 g/mol. The van der Waals surface area contributed by atoms with Crippen LogP contribution in [0.1, 0.15) is 34.1 Å². The fourth-order valence-electron chi connectivity index (χ4n) is 1.73. The third-order valence-corrected chi connectivity index (χ3v) is 11.7. The Morgan fingerprint density at radius 2 is 1.88 bits per heavy atom. The molecule has 0 bridgehead atoms. The topological polar surface area (TPSA) is 46.2 Å². The van der Waals surface area contributed by atoms with Crippen LogP contribution in [0.5, 0.6) is 0 Å². The fourth-order valence-corrected chi connectivity index (χ4v) is 4.85. The van der Waals surface area contributed by atoms with Gasteiger partial charge in [0.2, 0.25) is 0 Å². The molecule has 0 aromatic heterocycles. The molecule has 0 spiro atoms. The molecule has 17 heavy (non-hydrogen) atoms. The number of hydrogen-bond donors (Lipinski definition) is 1. The van der Waals surface area contributed by atoms with Gasteiger partial charge in [-0.2, -0.15) is 0 Å². The minimum absolute atomic E-state index is 0.00183. The number of alkyl halides is 2. The van der Waals surface area contributed by atoms with E-state index in [1.54, 1.807) is 0 Å². The first kappa shape index (κ1) is 17.4. The Hall–Kier alpha value is 0.380. The van der Waals surface area contributed by atoms with Gasteiger partial charge in [0.05, 0.1) is 0 Å². The summed E-state index contributed by atoms with van der Waals surface area (Å²) >= 11 is -1.84. The van der Waals surface area contributed by atoms with Crippen LogP contribution in [-0.4, -0.2) is 24.8 Å². The van der Waals surface area contributed by atoms with Crippen molar-refractivity contribution in [2.45, 2.75) is 34.1 Å². The van der Waals surface area contributed by atoms with Crippen LogP contribution in [0.25, 0.3) is 0 Å². The number of halogens is 1. The second kappa shape index (κ2) is 7.09. The summed E-state index contributed by atoms with van der Waals surface area (Å²) < 4.78 is 26.2. The van der Waals surface area contributed by atoms with E-state index in [0.29, 0.717) is 12.5 Å². The van der Waals surface area contributed by atoms with Gasteiger partial charge in [0.25, 0.3) is 0 Å². The molecule has 0 aliphatic rings. The van der Waals surface area contributed by atoms with Gasteiger partial charge in [0, 0.05) is 0 Å². The Balaban J connectivity index is 4.37. The summed E-state index contributed by atoms with van der Waals surface area (Å²) in [5.41, 5.74) is -0.00183. The van der Waals surface area contributed by atoms with E-state index in [4.69, 9.17) is 0 Å². The van der Waals surface area contributed by atoms with Gasteiger partial charge in [-0.05, 0) is 0 Å². The number of nitrogens with one attached hydrogen (secondary N) is 1. The van der Waals surface area contributed by atoms with Gasteiger partial charge in [-0.15, -0.1) is 0 Å². The maximum atomic E-state index is 11.7. The minimum atomic E-state index is -2.99. The molecule has 0 unspecified atom stereocenters. The van der Waals surface area contributed by atoms with E-state index in [1.165, 1.54) is 0 Å². The van der Waals surface area contributed by atoms with E-state index in [9.17, 15) is 8.42 Å². The molecule has 5 heteroatoms. The second-order valence-corrected chi connectivity index (χ2v) is 18.0. The molecule has 1 atom stereocenters. The van der Waals surface area contributed by atoms with Crippen molar-refractivity contribution in [3.63, 3.8) is 0 Å². The molecule has 0 aromatic carbocycles. The first-order valence-corrected chi connectivity index (χ1v) is 14.1. The average molecular weight is 375 g/mol. The molecule has 0 amide bonds. The molecule has 3 nitrogen and oxygen atoms in total. The third kappa shape index (κ3) is 7.41. The third-order valence-electron chi connectivity index (χ3n) is 2.52. The number of hydrogen-bond acceptors (Lipinski definition) is 2.